The molecule has 3 nitrogen and oxygen atoms in total. The summed E-state index contributed by atoms with van der Waals surface area (Å²) in [6.45, 7) is 22.0. The van der Waals surface area contributed by atoms with Gasteiger partial charge in [-0.2, -0.15) is 0 Å². The lowest BCUT2D eigenvalue weighted by molar-refractivity contribution is 0.294. The molecule has 0 radical (unpaired) electrons. The molecule has 2 aromatic carbocycles. The number of hydrogen-bond acceptors (Lipinski definition) is 3. The zero-order chi connectivity index (χ0) is 24.5. The van der Waals surface area contributed by atoms with Crippen LogP contribution in [0.5, 0.6) is 17.2 Å². The second-order valence-corrected chi connectivity index (χ2v) is 5.97. The largest absolute Gasteiger partial charge is 0.493 e. The fraction of sp³-hybridized carbons (Fsp3) is 0.571. The predicted molar refractivity (Wildman–Crippen MR) is 139 cm³/mol. The first kappa shape index (κ1) is 33.5. The van der Waals surface area contributed by atoms with Crippen molar-refractivity contribution in [3.63, 3.8) is 0 Å². The first-order chi connectivity index (χ1) is 15.1. The molecule has 0 saturated heterocycles. The van der Waals surface area contributed by atoms with E-state index in [9.17, 15) is 0 Å². The third-order valence-corrected chi connectivity index (χ3v) is 3.63. The number of aryl methyl sites for hydroxylation is 2. The summed E-state index contributed by atoms with van der Waals surface area (Å²) in [4.78, 5) is 0. The highest BCUT2D eigenvalue weighted by Crippen LogP contribution is 2.25. The van der Waals surface area contributed by atoms with Crippen LogP contribution in [0.3, 0.4) is 0 Å². The van der Waals surface area contributed by atoms with E-state index >= 15 is 0 Å². The monoisotopic (exact) mass is 434 g/mol. The fourth-order valence-electron chi connectivity index (χ4n) is 2.14. The molecule has 2 aromatic rings. The molecule has 0 N–H and O–H groups in total. The maximum Gasteiger partial charge on any atom is 0.161 e. The van der Waals surface area contributed by atoms with E-state index in [1.807, 2.05) is 65.8 Å². The zero-order valence-electron chi connectivity index (χ0n) is 22.3. The summed E-state index contributed by atoms with van der Waals surface area (Å²) in [5.74, 6) is 2.65. The maximum absolute atomic E-state index is 5.66. The molecule has 3 heteroatoms. The Kier molecular flexibility index (Phi) is 27.9. The Morgan fingerprint density at radius 2 is 1.19 bits per heavy atom. The summed E-state index contributed by atoms with van der Waals surface area (Å²) in [6, 6.07) is 14.0. The van der Waals surface area contributed by atoms with Crippen molar-refractivity contribution in [2.45, 2.75) is 88.5 Å². The van der Waals surface area contributed by atoms with Gasteiger partial charge in [-0.15, -0.1) is 0 Å². The summed E-state index contributed by atoms with van der Waals surface area (Å²) < 4.78 is 16.2. The molecule has 31 heavy (non-hydrogen) atoms. The standard InChI is InChI=1S/C12H18O.C10H14O2.3C2H6/c1-4-5-8-13-12-9-10(2)6-7-11(12)3;1-3-8-12-10-7-5-4-6-9(10)11-2;3*1-2/h6-7,9H,4-5,8H2,1-3H3;4-7H,3,8H2,1-2H3;3*1-2H3. The number of rotatable bonds is 8. The van der Waals surface area contributed by atoms with E-state index in [-0.39, 0.29) is 0 Å². The van der Waals surface area contributed by atoms with E-state index in [0.717, 1.165) is 43.3 Å². The van der Waals surface area contributed by atoms with Crippen molar-refractivity contribution in [2.24, 2.45) is 0 Å². The molecule has 0 aromatic heterocycles. The summed E-state index contributed by atoms with van der Waals surface area (Å²) in [5, 5.41) is 0. The molecule has 2 rings (SSSR count). The summed E-state index contributed by atoms with van der Waals surface area (Å²) in [6.07, 6.45) is 3.33. The molecule has 0 heterocycles. The van der Waals surface area contributed by atoms with E-state index in [1.165, 1.54) is 17.5 Å². The van der Waals surface area contributed by atoms with Crippen LogP contribution in [0.15, 0.2) is 42.5 Å². The minimum atomic E-state index is 0.736. The van der Waals surface area contributed by atoms with Crippen molar-refractivity contribution in [2.75, 3.05) is 20.3 Å². The third kappa shape index (κ3) is 17.2. The van der Waals surface area contributed by atoms with Crippen molar-refractivity contribution in [1.29, 1.82) is 0 Å². The number of methoxy groups -OCH3 is 1. The highest BCUT2D eigenvalue weighted by atomic mass is 16.5. The van der Waals surface area contributed by atoms with Gasteiger partial charge in [0.15, 0.2) is 11.5 Å². The highest BCUT2D eigenvalue weighted by molar-refractivity contribution is 5.39. The van der Waals surface area contributed by atoms with E-state index in [1.54, 1.807) is 7.11 Å². The van der Waals surface area contributed by atoms with Gasteiger partial charge in [-0.3, -0.25) is 0 Å². The molecule has 180 valence electrons. The van der Waals surface area contributed by atoms with Crippen molar-refractivity contribution in [3.8, 4) is 17.2 Å². The Morgan fingerprint density at radius 3 is 1.71 bits per heavy atom. The average molecular weight is 435 g/mol. The first-order valence-electron chi connectivity index (χ1n) is 12.1. The summed E-state index contributed by atoms with van der Waals surface area (Å²) >= 11 is 0. The Balaban J connectivity index is -0.000000408. The summed E-state index contributed by atoms with van der Waals surface area (Å²) in [5.41, 5.74) is 2.49. The molecule has 0 saturated carbocycles. The molecule has 0 aliphatic rings. The minimum Gasteiger partial charge on any atom is -0.493 e. The van der Waals surface area contributed by atoms with Gasteiger partial charge in [0.2, 0.25) is 0 Å². The lowest BCUT2D eigenvalue weighted by Gasteiger charge is -2.08. The smallest absolute Gasteiger partial charge is 0.161 e. The highest BCUT2D eigenvalue weighted by Gasteiger charge is 2.00. The van der Waals surface area contributed by atoms with Gasteiger partial charge in [-0.05, 0) is 56.0 Å². The van der Waals surface area contributed by atoms with Gasteiger partial charge in [0.25, 0.3) is 0 Å². The zero-order valence-corrected chi connectivity index (χ0v) is 22.3. The number of benzene rings is 2. The normalized spacial score (nSPS) is 8.48. The SMILES string of the molecule is CC.CC.CC.CCCCOc1cc(C)ccc1C.CCCOc1ccccc1OC. The Hall–Kier alpha value is -2.16. The minimum absolute atomic E-state index is 0.736. The van der Waals surface area contributed by atoms with Crippen molar-refractivity contribution in [1.82, 2.24) is 0 Å². The van der Waals surface area contributed by atoms with E-state index in [4.69, 9.17) is 14.2 Å². The number of hydrogen-bond donors (Lipinski definition) is 0. The van der Waals surface area contributed by atoms with Gasteiger partial charge in [-0.1, -0.05) is 86.1 Å². The molecular formula is C28H50O3. The fourth-order valence-corrected chi connectivity index (χ4v) is 2.14. The van der Waals surface area contributed by atoms with Gasteiger partial charge < -0.3 is 14.2 Å². The van der Waals surface area contributed by atoms with Crippen LogP contribution >= 0.6 is 0 Å². The van der Waals surface area contributed by atoms with Gasteiger partial charge in [0, 0.05) is 0 Å². The number of unbranched alkanes of at least 4 members (excludes halogenated alkanes) is 1. The van der Waals surface area contributed by atoms with Crippen LogP contribution in [0.2, 0.25) is 0 Å². The second-order valence-electron chi connectivity index (χ2n) is 5.97. The van der Waals surface area contributed by atoms with E-state index in [2.05, 4.69) is 45.9 Å². The maximum atomic E-state index is 5.66. The Labute approximate surface area is 194 Å². The summed E-state index contributed by atoms with van der Waals surface area (Å²) in [7, 11) is 1.65. The van der Waals surface area contributed by atoms with E-state index < -0.39 is 0 Å². The molecule has 0 amide bonds. The third-order valence-electron chi connectivity index (χ3n) is 3.63. The Bertz CT molecular complexity index is 609. The lowest BCUT2D eigenvalue weighted by Crippen LogP contribution is -1.98. The van der Waals surface area contributed by atoms with Gasteiger partial charge in [-0.25, -0.2) is 0 Å². The second kappa shape index (κ2) is 25.9. The quantitative estimate of drug-likeness (QED) is 0.388. The average Bonchev–Trinajstić information content (AvgIpc) is 2.84. The van der Waals surface area contributed by atoms with Crippen molar-refractivity contribution < 1.29 is 14.2 Å². The number of ether oxygens (including phenoxy) is 3. The van der Waals surface area contributed by atoms with Crippen LogP contribution in [0.1, 0.15) is 85.8 Å². The van der Waals surface area contributed by atoms with Crippen molar-refractivity contribution >= 4 is 0 Å². The molecule has 0 aliphatic carbocycles. The molecule has 0 fully saturated rings. The van der Waals surface area contributed by atoms with Gasteiger partial charge in [0.05, 0.1) is 20.3 Å². The Morgan fingerprint density at radius 1 is 0.645 bits per heavy atom. The number of para-hydroxylation sites is 2. The van der Waals surface area contributed by atoms with Crippen molar-refractivity contribution in [3.05, 3.63) is 53.6 Å². The lowest BCUT2D eigenvalue weighted by atomic mass is 10.1. The molecule has 0 atom stereocenters. The molecule has 0 aliphatic heterocycles. The van der Waals surface area contributed by atoms with Crippen LogP contribution in [-0.2, 0) is 0 Å². The molecular weight excluding hydrogens is 384 g/mol. The van der Waals surface area contributed by atoms with Crippen LogP contribution < -0.4 is 14.2 Å². The first-order valence-corrected chi connectivity index (χ1v) is 12.1. The molecule has 0 spiro atoms. The topological polar surface area (TPSA) is 27.7 Å². The van der Waals surface area contributed by atoms with Crippen LogP contribution in [0.4, 0.5) is 0 Å². The van der Waals surface area contributed by atoms with Gasteiger partial charge in [0.1, 0.15) is 5.75 Å². The van der Waals surface area contributed by atoms with Crippen LogP contribution in [-0.4, -0.2) is 20.3 Å². The predicted octanol–water partition coefficient (Wildman–Crippen LogP) is 9.04. The van der Waals surface area contributed by atoms with E-state index in [0.29, 0.717) is 0 Å². The van der Waals surface area contributed by atoms with Gasteiger partial charge >= 0.3 is 0 Å². The van der Waals surface area contributed by atoms with Crippen LogP contribution in [0, 0.1) is 13.8 Å². The molecule has 0 unspecified atom stereocenters. The molecule has 0 bridgehead atoms. The van der Waals surface area contributed by atoms with Crippen LogP contribution in [0.25, 0.3) is 0 Å².